The third-order valence-electron chi connectivity index (χ3n) is 2.41. The highest BCUT2D eigenvalue weighted by molar-refractivity contribution is 6.31. The van der Waals surface area contributed by atoms with Gasteiger partial charge in [0.15, 0.2) is 0 Å². The van der Waals surface area contributed by atoms with E-state index in [9.17, 15) is 0 Å². The van der Waals surface area contributed by atoms with Crippen molar-refractivity contribution < 1.29 is 0 Å². The Hall–Kier alpha value is -0.950. The van der Waals surface area contributed by atoms with Crippen molar-refractivity contribution in [3.05, 3.63) is 35.0 Å². The largest absolute Gasteiger partial charge is 0.350 e. The summed E-state index contributed by atoms with van der Waals surface area (Å²) in [5, 5.41) is 2.09. The summed E-state index contributed by atoms with van der Waals surface area (Å²) in [4.78, 5) is 0. The van der Waals surface area contributed by atoms with Crippen LogP contribution in [0.15, 0.2) is 24.4 Å². The van der Waals surface area contributed by atoms with Gasteiger partial charge in [0.25, 0.3) is 0 Å². The summed E-state index contributed by atoms with van der Waals surface area (Å²) < 4.78 is 2.14. The second-order valence-electron chi connectivity index (χ2n) is 3.28. The first-order valence-corrected chi connectivity index (χ1v) is 4.83. The van der Waals surface area contributed by atoms with Gasteiger partial charge in [0.05, 0.1) is 0 Å². The van der Waals surface area contributed by atoms with Gasteiger partial charge in [0.1, 0.15) is 0 Å². The van der Waals surface area contributed by atoms with Crippen LogP contribution in [0.5, 0.6) is 0 Å². The maximum Gasteiger partial charge on any atom is 0.0481 e. The fourth-order valence-corrected chi connectivity index (χ4v) is 1.90. The van der Waals surface area contributed by atoms with Crippen molar-refractivity contribution in [2.24, 2.45) is 7.05 Å². The minimum absolute atomic E-state index is 0.813. The van der Waals surface area contributed by atoms with Gasteiger partial charge in [-0.05, 0) is 30.2 Å². The molecule has 0 bridgehead atoms. The van der Waals surface area contributed by atoms with Crippen LogP contribution in [0.3, 0.4) is 0 Å². The molecule has 2 heteroatoms. The van der Waals surface area contributed by atoms with Crippen molar-refractivity contribution in [1.82, 2.24) is 4.57 Å². The quantitative estimate of drug-likeness (QED) is 0.654. The number of aryl methyl sites for hydroxylation is 2. The highest BCUT2D eigenvalue weighted by Gasteiger charge is 2.04. The van der Waals surface area contributed by atoms with E-state index in [1.807, 2.05) is 12.1 Å². The molecule has 0 aliphatic heterocycles. The molecular weight excluding hydrogens is 182 g/mol. The van der Waals surface area contributed by atoms with Crippen molar-refractivity contribution in [3.8, 4) is 0 Å². The van der Waals surface area contributed by atoms with E-state index in [-0.39, 0.29) is 0 Å². The number of rotatable bonds is 1. The zero-order valence-electron chi connectivity index (χ0n) is 7.84. The second-order valence-corrected chi connectivity index (χ2v) is 3.72. The van der Waals surface area contributed by atoms with Crippen LogP contribution in [-0.2, 0) is 13.5 Å². The topological polar surface area (TPSA) is 4.93 Å². The van der Waals surface area contributed by atoms with Gasteiger partial charge in [-0.15, -0.1) is 0 Å². The first-order chi connectivity index (χ1) is 6.22. The molecule has 1 heterocycles. The molecule has 2 rings (SSSR count). The first kappa shape index (κ1) is 8.64. The molecule has 1 nitrogen and oxygen atoms in total. The third kappa shape index (κ3) is 1.33. The lowest BCUT2D eigenvalue weighted by Crippen LogP contribution is -1.82. The monoisotopic (exact) mass is 193 g/mol. The van der Waals surface area contributed by atoms with E-state index in [0.29, 0.717) is 0 Å². The molecular formula is C11H12ClN. The van der Waals surface area contributed by atoms with E-state index in [1.165, 1.54) is 16.5 Å². The van der Waals surface area contributed by atoms with Gasteiger partial charge in [-0.3, -0.25) is 0 Å². The zero-order chi connectivity index (χ0) is 9.42. The maximum absolute atomic E-state index is 5.95. The smallest absolute Gasteiger partial charge is 0.0481 e. The molecule has 0 saturated carbocycles. The van der Waals surface area contributed by atoms with Crippen molar-refractivity contribution in [2.45, 2.75) is 13.3 Å². The van der Waals surface area contributed by atoms with Crippen LogP contribution in [0.2, 0.25) is 5.02 Å². The van der Waals surface area contributed by atoms with E-state index in [2.05, 4.69) is 30.8 Å². The summed E-state index contributed by atoms with van der Waals surface area (Å²) >= 11 is 5.95. The molecule has 68 valence electrons. The van der Waals surface area contributed by atoms with Gasteiger partial charge >= 0.3 is 0 Å². The van der Waals surface area contributed by atoms with E-state index in [1.54, 1.807) is 0 Å². The Labute approximate surface area is 82.9 Å². The Morgan fingerprint density at radius 2 is 2.15 bits per heavy atom. The average Bonchev–Trinajstić information content (AvgIpc) is 2.42. The van der Waals surface area contributed by atoms with Gasteiger partial charge < -0.3 is 4.57 Å². The van der Waals surface area contributed by atoms with Gasteiger partial charge in [0.2, 0.25) is 0 Å². The van der Waals surface area contributed by atoms with Crippen molar-refractivity contribution in [2.75, 3.05) is 0 Å². The van der Waals surface area contributed by atoms with Gasteiger partial charge in [-0.2, -0.15) is 0 Å². The molecule has 0 saturated heterocycles. The molecule has 0 amide bonds. The average molecular weight is 194 g/mol. The third-order valence-corrected chi connectivity index (χ3v) is 2.65. The number of aromatic nitrogens is 1. The standard InChI is InChI=1S/C11H12ClN/c1-3-8-7-13(2)11-5-4-9(12)6-10(8)11/h4-7H,3H2,1-2H3. The summed E-state index contributed by atoms with van der Waals surface area (Å²) in [6, 6.07) is 6.04. The van der Waals surface area contributed by atoms with Gasteiger partial charge in [0, 0.05) is 29.2 Å². The number of hydrogen-bond acceptors (Lipinski definition) is 0. The summed E-state index contributed by atoms with van der Waals surface area (Å²) in [6.45, 7) is 2.16. The molecule has 0 spiro atoms. The van der Waals surface area contributed by atoms with Crippen LogP contribution in [0.1, 0.15) is 12.5 Å². The predicted molar refractivity (Wildman–Crippen MR) is 57.3 cm³/mol. The highest BCUT2D eigenvalue weighted by Crippen LogP contribution is 2.24. The van der Waals surface area contributed by atoms with Gasteiger partial charge in [-0.25, -0.2) is 0 Å². The van der Waals surface area contributed by atoms with Crippen LogP contribution in [0, 0.1) is 0 Å². The number of fused-ring (bicyclic) bond motifs is 1. The fourth-order valence-electron chi connectivity index (χ4n) is 1.73. The van der Waals surface area contributed by atoms with Crippen molar-refractivity contribution in [3.63, 3.8) is 0 Å². The molecule has 0 aliphatic rings. The van der Waals surface area contributed by atoms with E-state index >= 15 is 0 Å². The Balaban J connectivity index is 2.81. The molecule has 2 aromatic rings. The predicted octanol–water partition coefficient (Wildman–Crippen LogP) is 3.39. The summed E-state index contributed by atoms with van der Waals surface area (Å²) in [6.07, 6.45) is 3.22. The molecule has 1 aromatic carbocycles. The number of benzene rings is 1. The van der Waals surface area contributed by atoms with Crippen molar-refractivity contribution >= 4 is 22.5 Å². The minimum atomic E-state index is 0.813. The van der Waals surface area contributed by atoms with Gasteiger partial charge in [-0.1, -0.05) is 18.5 Å². The van der Waals surface area contributed by atoms with Crippen LogP contribution in [0.25, 0.3) is 10.9 Å². The Bertz CT molecular complexity index is 443. The summed E-state index contributed by atoms with van der Waals surface area (Å²) in [5.41, 5.74) is 2.61. The van der Waals surface area contributed by atoms with Crippen LogP contribution in [0.4, 0.5) is 0 Å². The van der Waals surface area contributed by atoms with Crippen molar-refractivity contribution in [1.29, 1.82) is 0 Å². The second kappa shape index (κ2) is 3.08. The molecule has 0 atom stereocenters. The number of halogens is 1. The summed E-state index contributed by atoms with van der Waals surface area (Å²) in [7, 11) is 2.06. The Morgan fingerprint density at radius 1 is 1.38 bits per heavy atom. The molecule has 0 aliphatic carbocycles. The molecule has 0 fully saturated rings. The molecule has 13 heavy (non-hydrogen) atoms. The van der Waals surface area contributed by atoms with Crippen LogP contribution >= 0.6 is 11.6 Å². The van der Waals surface area contributed by atoms with E-state index < -0.39 is 0 Å². The SMILES string of the molecule is CCc1cn(C)c2ccc(Cl)cc12. The zero-order valence-corrected chi connectivity index (χ0v) is 8.60. The molecule has 0 radical (unpaired) electrons. The first-order valence-electron chi connectivity index (χ1n) is 4.46. The lowest BCUT2D eigenvalue weighted by Gasteiger charge is -1.96. The number of nitrogens with zero attached hydrogens (tertiary/aromatic N) is 1. The molecule has 0 N–H and O–H groups in total. The normalized spacial score (nSPS) is 11.0. The highest BCUT2D eigenvalue weighted by atomic mass is 35.5. The minimum Gasteiger partial charge on any atom is -0.350 e. The Morgan fingerprint density at radius 3 is 2.85 bits per heavy atom. The maximum atomic E-state index is 5.95. The van der Waals surface area contributed by atoms with E-state index in [0.717, 1.165) is 11.4 Å². The fraction of sp³-hybridized carbons (Fsp3) is 0.273. The summed E-state index contributed by atoms with van der Waals surface area (Å²) in [5.74, 6) is 0. The van der Waals surface area contributed by atoms with E-state index in [4.69, 9.17) is 11.6 Å². The molecule has 0 unspecified atom stereocenters. The molecule has 1 aromatic heterocycles. The lowest BCUT2D eigenvalue weighted by molar-refractivity contribution is 0.954. The van der Waals surface area contributed by atoms with Crippen LogP contribution < -0.4 is 0 Å². The number of hydrogen-bond donors (Lipinski definition) is 0. The lowest BCUT2D eigenvalue weighted by atomic mass is 10.1. The Kier molecular flexibility index (Phi) is 2.04. The van der Waals surface area contributed by atoms with Crippen LogP contribution in [-0.4, -0.2) is 4.57 Å².